The van der Waals surface area contributed by atoms with E-state index in [1.165, 1.54) is 76.7 Å². The highest BCUT2D eigenvalue weighted by Gasteiger charge is 1.98. The van der Waals surface area contributed by atoms with Crippen molar-refractivity contribution in [3.05, 3.63) is 0 Å². The fourth-order valence-corrected chi connectivity index (χ4v) is 2.32. The second kappa shape index (κ2) is 16.0. The number of esters is 1. The third-order valence-electron chi connectivity index (χ3n) is 3.57. The van der Waals surface area contributed by atoms with Gasteiger partial charge in [-0.05, 0) is 6.42 Å². The Balaban J connectivity index is 2.99. The Bertz CT molecular complexity index is 258. The summed E-state index contributed by atoms with van der Waals surface area (Å²) >= 11 is 0. The summed E-state index contributed by atoms with van der Waals surface area (Å²) < 4.78 is 4.69. The van der Waals surface area contributed by atoms with Gasteiger partial charge in [-0.15, -0.1) is 0 Å². The van der Waals surface area contributed by atoms with Crippen molar-refractivity contribution in [1.29, 1.82) is 5.26 Å². The molecule has 0 fully saturated rings. The second-order valence-corrected chi connectivity index (χ2v) is 5.49. The van der Waals surface area contributed by atoms with Gasteiger partial charge in [0, 0.05) is 0 Å². The largest absolute Gasteiger partial charge is 0.455 e. The van der Waals surface area contributed by atoms with Gasteiger partial charge in [0.15, 0.2) is 6.07 Å². The predicted molar refractivity (Wildman–Crippen MR) is 82.3 cm³/mol. The minimum absolute atomic E-state index is 0.393. The summed E-state index contributed by atoms with van der Waals surface area (Å²) in [6.45, 7) is 2.65. The SMILES string of the molecule is CCCCCCCCCCCCCCCOC(=O)C#N. The van der Waals surface area contributed by atoms with Gasteiger partial charge in [-0.1, -0.05) is 84.0 Å². The molecule has 3 nitrogen and oxygen atoms in total. The Morgan fingerprint density at radius 2 is 1.20 bits per heavy atom. The van der Waals surface area contributed by atoms with Gasteiger partial charge in [0.1, 0.15) is 0 Å². The van der Waals surface area contributed by atoms with Gasteiger partial charge < -0.3 is 4.74 Å². The number of hydrogen-bond acceptors (Lipinski definition) is 3. The van der Waals surface area contributed by atoms with Crippen LogP contribution < -0.4 is 0 Å². The number of ether oxygens (including phenoxy) is 1. The zero-order chi connectivity index (χ0) is 14.9. The first kappa shape index (κ1) is 19.0. The van der Waals surface area contributed by atoms with Crippen molar-refractivity contribution < 1.29 is 9.53 Å². The molecule has 0 aromatic rings. The van der Waals surface area contributed by atoms with E-state index >= 15 is 0 Å². The molecule has 0 atom stereocenters. The average Bonchev–Trinajstić information content (AvgIpc) is 2.47. The Morgan fingerprint density at radius 1 is 0.800 bits per heavy atom. The number of nitriles is 1. The van der Waals surface area contributed by atoms with Crippen LogP contribution in [0.4, 0.5) is 0 Å². The molecule has 0 aliphatic carbocycles. The number of carbonyl (C=O) groups excluding carboxylic acids is 1. The molecule has 0 heterocycles. The van der Waals surface area contributed by atoms with Gasteiger partial charge in [-0.2, -0.15) is 5.26 Å². The van der Waals surface area contributed by atoms with Crippen LogP contribution in [0.2, 0.25) is 0 Å². The van der Waals surface area contributed by atoms with E-state index in [2.05, 4.69) is 6.92 Å². The number of unbranched alkanes of at least 4 members (excludes halogenated alkanes) is 12. The number of nitrogens with zero attached hydrogens (tertiary/aromatic N) is 1. The van der Waals surface area contributed by atoms with Crippen molar-refractivity contribution in [2.24, 2.45) is 0 Å². The Kier molecular flexibility index (Phi) is 15.2. The van der Waals surface area contributed by atoms with E-state index in [-0.39, 0.29) is 0 Å². The highest BCUT2D eigenvalue weighted by molar-refractivity contribution is 5.85. The lowest BCUT2D eigenvalue weighted by Crippen LogP contribution is -2.02. The molecule has 116 valence electrons. The monoisotopic (exact) mass is 281 g/mol. The molecule has 0 aliphatic heterocycles. The lowest BCUT2D eigenvalue weighted by Gasteiger charge is -2.03. The third kappa shape index (κ3) is 15.0. The van der Waals surface area contributed by atoms with Crippen molar-refractivity contribution in [3.63, 3.8) is 0 Å². The lowest BCUT2D eigenvalue weighted by molar-refractivity contribution is -0.137. The van der Waals surface area contributed by atoms with E-state index in [0.717, 1.165) is 12.8 Å². The third-order valence-corrected chi connectivity index (χ3v) is 3.57. The van der Waals surface area contributed by atoms with Gasteiger partial charge in [0.2, 0.25) is 0 Å². The van der Waals surface area contributed by atoms with Crippen LogP contribution in [0.15, 0.2) is 0 Å². The van der Waals surface area contributed by atoms with Crippen molar-refractivity contribution >= 4 is 5.97 Å². The van der Waals surface area contributed by atoms with E-state index in [0.29, 0.717) is 6.61 Å². The highest BCUT2D eigenvalue weighted by atomic mass is 16.5. The van der Waals surface area contributed by atoms with Crippen molar-refractivity contribution in [2.75, 3.05) is 6.61 Å². The van der Waals surface area contributed by atoms with Crippen LogP contribution in [0.1, 0.15) is 90.4 Å². The summed E-state index contributed by atoms with van der Waals surface area (Å²) in [5, 5.41) is 8.21. The van der Waals surface area contributed by atoms with Crippen LogP contribution in [0, 0.1) is 11.3 Å². The molecule has 0 spiro atoms. The Morgan fingerprint density at radius 3 is 1.60 bits per heavy atom. The summed E-state index contributed by atoms with van der Waals surface area (Å²) in [6.07, 6.45) is 16.9. The first-order chi connectivity index (χ1) is 9.81. The molecule has 0 aromatic heterocycles. The number of carbonyl (C=O) groups is 1. The normalized spacial score (nSPS) is 10.2. The van der Waals surface area contributed by atoms with Crippen molar-refractivity contribution in [2.45, 2.75) is 90.4 Å². The molecular weight excluding hydrogens is 250 g/mol. The van der Waals surface area contributed by atoms with Crippen LogP contribution in [0.25, 0.3) is 0 Å². The molecule has 0 unspecified atom stereocenters. The average molecular weight is 281 g/mol. The molecule has 0 aliphatic rings. The van der Waals surface area contributed by atoms with Crippen LogP contribution in [-0.4, -0.2) is 12.6 Å². The summed E-state index contributed by atoms with van der Waals surface area (Å²) in [5.74, 6) is -0.760. The first-order valence-corrected chi connectivity index (χ1v) is 8.38. The minimum Gasteiger partial charge on any atom is -0.455 e. The Labute approximate surface area is 124 Å². The van der Waals surface area contributed by atoms with Gasteiger partial charge in [-0.3, -0.25) is 0 Å². The van der Waals surface area contributed by atoms with E-state index in [9.17, 15) is 4.79 Å². The maximum atomic E-state index is 10.5. The van der Waals surface area contributed by atoms with E-state index in [1.54, 1.807) is 0 Å². The van der Waals surface area contributed by atoms with E-state index < -0.39 is 5.97 Å². The maximum absolute atomic E-state index is 10.5. The van der Waals surface area contributed by atoms with Crippen LogP contribution in [-0.2, 0) is 9.53 Å². The quantitative estimate of drug-likeness (QED) is 0.251. The minimum atomic E-state index is -0.760. The molecule has 0 N–H and O–H groups in total. The molecule has 0 saturated heterocycles. The van der Waals surface area contributed by atoms with Crippen LogP contribution in [0.5, 0.6) is 0 Å². The lowest BCUT2D eigenvalue weighted by atomic mass is 10.0. The van der Waals surface area contributed by atoms with Gasteiger partial charge in [0.05, 0.1) is 6.61 Å². The van der Waals surface area contributed by atoms with Crippen LogP contribution in [0.3, 0.4) is 0 Å². The summed E-state index contributed by atoms with van der Waals surface area (Å²) in [7, 11) is 0. The van der Waals surface area contributed by atoms with Crippen LogP contribution >= 0.6 is 0 Å². The van der Waals surface area contributed by atoms with Gasteiger partial charge in [-0.25, -0.2) is 4.79 Å². The maximum Gasteiger partial charge on any atom is 0.411 e. The van der Waals surface area contributed by atoms with Crippen molar-refractivity contribution in [1.82, 2.24) is 0 Å². The molecule has 0 saturated carbocycles. The molecule has 0 aromatic carbocycles. The molecular formula is C17H31NO2. The smallest absolute Gasteiger partial charge is 0.411 e. The van der Waals surface area contributed by atoms with E-state index in [1.807, 2.05) is 0 Å². The topological polar surface area (TPSA) is 50.1 Å². The molecule has 3 heteroatoms. The fourth-order valence-electron chi connectivity index (χ4n) is 2.32. The Hall–Kier alpha value is -1.04. The van der Waals surface area contributed by atoms with Gasteiger partial charge >= 0.3 is 5.97 Å². The molecule has 0 amide bonds. The zero-order valence-corrected chi connectivity index (χ0v) is 13.2. The molecule has 0 rings (SSSR count). The highest BCUT2D eigenvalue weighted by Crippen LogP contribution is 2.12. The number of rotatable bonds is 14. The summed E-state index contributed by atoms with van der Waals surface area (Å²) in [6, 6.07) is 1.45. The predicted octanol–water partition coefficient (Wildman–Crippen LogP) is 5.14. The zero-order valence-electron chi connectivity index (χ0n) is 13.2. The first-order valence-electron chi connectivity index (χ1n) is 8.38. The van der Waals surface area contributed by atoms with E-state index in [4.69, 9.17) is 10.00 Å². The van der Waals surface area contributed by atoms with Crippen molar-refractivity contribution in [3.8, 4) is 6.07 Å². The molecule has 0 radical (unpaired) electrons. The standard InChI is InChI=1S/C17H31NO2/c1-2-3-4-5-6-7-8-9-10-11-12-13-14-15-20-17(19)16-18/h2-15H2,1H3. The van der Waals surface area contributed by atoms with Gasteiger partial charge in [0.25, 0.3) is 0 Å². The summed E-state index contributed by atoms with van der Waals surface area (Å²) in [5.41, 5.74) is 0. The number of hydrogen-bond donors (Lipinski definition) is 0. The fraction of sp³-hybridized carbons (Fsp3) is 0.882. The summed E-state index contributed by atoms with van der Waals surface area (Å²) in [4.78, 5) is 10.5. The second-order valence-electron chi connectivity index (χ2n) is 5.49. The molecule has 20 heavy (non-hydrogen) atoms. The molecule has 0 bridgehead atoms.